The Morgan fingerprint density at radius 3 is 2.62 bits per heavy atom. The van der Waals surface area contributed by atoms with Gasteiger partial charge in [-0.2, -0.15) is 0 Å². The average Bonchev–Trinajstić information content (AvgIpc) is 2.47. The van der Waals surface area contributed by atoms with Gasteiger partial charge in [0.1, 0.15) is 5.82 Å². The molecule has 3 rings (SSSR count). The molecule has 3 heteroatoms. The highest BCUT2D eigenvalue weighted by Crippen LogP contribution is 2.25. The normalized spacial score (nSPS) is 21.7. The van der Waals surface area contributed by atoms with Crippen LogP contribution in [0.5, 0.6) is 0 Å². The van der Waals surface area contributed by atoms with Crippen molar-refractivity contribution in [3.63, 3.8) is 0 Å². The Balaban J connectivity index is 1.56. The van der Waals surface area contributed by atoms with Crippen LogP contribution in [0.4, 0.5) is 4.39 Å². The number of likely N-dealkylation sites (tertiary alicyclic amines) is 1. The van der Waals surface area contributed by atoms with Gasteiger partial charge in [-0.15, -0.1) is 0 Å². The number of fused-ring (bicyclic) bond motifs is 1. The maximum Gasteiger partial charge on any atom is 0.123 e. The van der Waals surface area contributed by atoms with E-state index in [1.54, 1.807) is 12.1 Å². The van der Waals surface area contributed by atoms with Crippen LogP contribution in [0, 0.1) is 11.7 Å². The van der Waals surface area contributed by atoms with Crippen molar-refractivity contribution in [1.29, 1.82) is 0 Å². The highest BCUT2D eigenvalue weighted by Gasteiger charge is 2.27. The second kappa shape index (κ2) is 6.45. The number of piperidine rings is 1. The molecule has 1 radical (unpaired) electrons. The second-order valence-electron chi connectivity index (χ2n) is 6.85. The monoisotopic (exact) mass is 289 g/mol. The zero-order valence-corrected chi connectivity index (χ0v) is 13.2. The molecule has 0 aromatic heterocycles. The Labute approximate surface area is 127 Å². The van der Waals surface area contributed by atoms with Crippen molar-refractivity contribution in [2.45, 2.75) is 45.7 Å². The summed E-state index contributed by atoms with van der Waals surface area (Å²) in [7, 11) is 0. The van der Waals surface area contributed by atoms with Crippen molar-refractivity contribution >= 4 is 0 Å². The van der Waals surface area contributed by atoms with E-state index in [2.05, 4.69) is 23.6 Å². The molecule has 0 amide bonds. The summed E-state index contributed by atoms with van der Waals surface area (Å²) in [6.45, 7) is 10.1. The summed E-state index contributed by atoms with van der Waals surface area (Å²) in [4.78, 5) is 5.18. The second-order valence-corrected chi connectivity index (χ2v) is 6.85. The van der Waals surface area contributed by atoms with Crippen molar-refractivity contribution < 1.29 is 4.39 Å². The molecule has 1 saturated heterocycles. The van der Waals surface area contributed by atoms with Gasteiger partial charge < -0.3 is 4.90 Å². The van der Waals surface area contributed by atoms with Crippen LogP contribution in [-0.2, 0) is 13.0 Å². The molecule has 0 atom stereocenters. The van der Waals surface area contributed by atoms with E-state index < -0.39 is 0 Å². The van der Waals surface area contributed by atoms with E-state index in [1.807, 2.05) is 6.07 Å². The summed E-state index contributed by atoms with van der Waals surface area (Å²) in [6.07, 6.45) is 3.53. The number of hydrogen-bond acceptors (Lipinski definition) is 2. The maximum atomic E-state index is 13.3. The molecule has 0 saturated carbocycles. The highest BCUT2D eigenvalue weighted by molar-refractivity contribution is 5.30. The number of rotatable bonds is 3. The minimum absolute atomic E-state index is 0.0957. The van der Waals surface area contributed by atoms with Gasteiger partial charge in [-0.05, 0) is 61.5 Å². The number of hydrogen-bond donors (Lipinski definition) is 0. The van der Waals surface area contributed by atoms with Gasteiger partial charge in [0, 0.05) is 25.7 Å². The van der Waals surface area contributed by atoms with Gasteiger partial charge in [-0.25, -0.2) is 4.39 Å². The summed E-state index contributed by atoms with van der Waals surface area (Å²) >= 11 is 0. The highest BCUT2D eigenvalue weighted by atomic mass is 19.1. The topological polar surface area (TPSA) is 6.48 Å². The van der Waals surface area contributed by atoms with Crippen LogP contribution in [0.1, 0.15) is 37.8 Å². The fourth-order valence-electron chi connectivity index (χ4n) is 3.74. The summed E-state index contributed by atoms with van der Waals surface area (Å²) in [5.41, 5.74) is 2.53. The molecule has 0 spiro atoms. The lowest BCUT2D eigenvalue weighted by Crippen LogP contribution is -2.47. The van der Waals surface area contributed by atoms with Crippen LogP contribution in [0.15, 0.2) is 18.2 Å². The molecule has 0 bridgehead atoms. The average molecular weight is 289 g/mol. The lowest BCUT2D eigenvalue weighted by Gasteiger charge is -2.41. The van der Waals surface area contributed by atoms with Gasteiger partial charge in [0.25, 0.3) is 0 Å². The van der Waals surface area contributed by atoms with E-state index in [0.29, 0.717) is 6.04 Å². The number of benzene rings is 1. The molecule has 2 aliphatic heterocycles. The first-order chi connectivity index (χ1) is 10.1. The first-order valence-electron chi connectivity index (χ1n) is 8.14. The third kappa shape index (κ3) is 3.64. The summed E-state index contributed by atoms with van der Waals surface area (Å²) < 4.78 is 13.3. The van der Waals surface area contributed by atoms with Gasteiger partial charge in [0.2, 0.25) is 0 Å². The van der Waals surface area contributed by atoms with Gasteiger partial charge >= 0.3 is 0 Å². The lowest BCUT2D eigenvalue weighted by molar-refractivity contribution is 0.100. The van der Waals surface area contributed by atoms with E-state index in [4.69, 9.17) is 0 Å². The standard InChI is InChI=1S/C18H26FN2/c1-14(2)12-20-8-6-18(7-9-20)21-10-5-15-11-17(19)4-3-16(15)13-21/h3-4,11,18H,5-10,12-13H2,1-2H3. The molecule has 1 fully saturated rings. The van der Waals surface area contributed by atoms with Gasteiger partial charge in [-0.3, -0.25) is 4.90 Å². The van der Waals surface area contributed by atoms with E-state index in [1.165, 1.54) is 43.0 Å². The molecule has 0 N–H and O–H groups in total. The third-order valence-electron chi connectivity index (χ3n) is 4.82. The molecule has 0 aliphatic carbocycles. The Kier molecular flexibility index (Phi) is 4.60. The van der Waals surface area contributed by atoms with Gasteiger partial charge in [-0.1, -0.05) is 19.9 Å². The summed E-state index contributed by atoms with van der Waals surface area (Å²) in [6, 6.07) is 6.00. The van der Waals surface area contributed by atoms with Crippen molar-refractivity contribution in [2.75, 3.05) is 26.2 Å². The summed E-state index contributed by atoms with van der Waals surface area (Å²) in [5, 5.41) is 0. The van der Waals surface area contributed by atoms with Crippen molar-refractivity contribution in [3.05, 3.63) is 41.1 Å². The molecule has 1 aromatic carbocycles. The third-order valence-corrected chi connectivity index (χ3v) is 4.82. The fourth-order valence-corrected chi connectivity index (χ4v) is 3.74. The van der Waals surface area contributed by atoms with Crippen molar-refractivity contribution in [1.82, 2.24) is 9.80 Å². The molecule has 0 unspecified atom stereocenters. The number of halogens is 1. The minimum atomic E-state index is -0.0957. The molecule has 1 aromatic rings. The number of nitrogens with zero attached hydrogens (tertiary/aromatic N) is 2. The smallest absolute Gasteiger partial charge is 0.123 e. The van der Waals surface area contributed by atoms with E-state index in [-0.39, 0.29) is 5.82 Å². The van der Waals surface area contributed by atoms with Crippen LogP contribution >= 0.6 is 0 Å². The molecule has 115 valence electrons. The van der Waals surface area contributed by atoms with Gasteiger partial charge in [0.15, 0.2) is 0 Å². The Hall–Kier alpha value is -0.930. The largest absolute Gasteiger partial charge is 0.303 e. The molecular weight excluding hydrogens is 263 g/mol. The lowest BCUT2D eigenvalue weighted by atomic mass is 9.95. The Morgan fingerprint density at radius 2 is 1.90 bits per heavy atom. The fraction of sp³-hybridized carbons (Fsp3) is 0.611. The molecule has 21 heavy (non-hydrogen) atoms. The molecular formula is C18H26FN2. The predicted molar refractivity (Wildman–Crippen MR) is 84.6 cm³/mol. The molecule has 2 nitrogen and oxygen atoms in total. The quantitative estimate of drug-likeness (QED) is 0.842. The van der Waals surface area contributed by atoms with Crippen LogP contribution in [0.25, 0.3) is 0 Å². The van der Waals surface area contributed by atoms with E-state index in [9.17, 15) is 4.39 Å². The molecule has 2 heterocycles. The van der Waals surface area contributed by atoms with E-state index in [0.717, 1.165) is 26.1 Å². The zero-order valence-electron chi connectivity index (χ0n) is 13.2. The van der Waals surface area contributed by atoms with Crippen LogP contribution in [-0.4, -0.2) is 42.0 Å². The minimum Gasteiger partial charge on any atom is -0.303 e. The van der Waals surface area contributed by atoms with Crippen molar-refractivity contribution in [2.24, 2.45) is 0 Å². The first-order valence-corrected chi connectivity index (χ1v) is 8.14. The maximum absolute atomic E-state index is 13.3. The van der Waals surface area contributed by atoms with E-state index >= 15 is 0 Å². The predicted octanol–water partition coefficient (Wildman–Crippen LogP) is 3.26. The van der Waals surface area contributed by atoms with Crippen LogP contribution in [0.3, 0.4) is 0 Å². The van der Waals surface area contributed by atoms with Crippen molar-refractivity contribution in [3.8, 4) is 0 Å². The van der Waals surface area contributed by atoms with Crippen LogP contribution < -0.4 is 0 Å². The van der Waals surface area contributed by atoms with Gasteiger partial charge in [0.05, 0.1) is 0 Å². The Bertz CT molecular complexity index is 478. The zero-order chi connectivity index (χ0) is 14.8. The van der Waals surface area contributed by atoms with Crippen LogP contribution in [0.2, 0.25) is 0 Å². The first kappa shape index (κ1) is 15.0. The summed E-state index contributed by atoms with van der Waals surface area (Å²) in [5.74, 6) is 1.41. The Morgan fingerprint density at radius 1 is 1.14 bits per heavy atom. The SMILES string of the molecule is C[C](C)CN1CCC(N2CCc3cc(F)ccc3C2)CC1. The molecule has 2 aliphatic rings.